The van der Waals surface area contributed by atoms with E-state index >= 15 is 0 Å². The molecule has 0 aliphatic carbocycles. The number of primary amides is 1. The first-order valence-corrected chi connectivity index (χ1v) is 4.80. The van der Waals surface area contributed by atoms with Crippen LogP contribution in [0.4, 0.5) is 13.2 Å². The van der Waals surface area contributed by atoms with Gasteiger partial charge < -0.3 is 10.3 Å². The summed E-state index contributed by atoms with van der Waals surface area (Å²) in [6.07, 6.45) is -4.47. The van der Waals surface area contributed by atoms with Gasteiger partial charge in [-0.25, -0.2) is 0 Å². The molecule has 0 aromatic carbocycles. The van der Waals surface area contributed by atoms with E-state index in [1.54, 1.807) is 13.8 Å². The lowest BCUT2D eigenvalue weighted by Crippen LogP contribution is -2.23. The highest BCUT2D eigenvalue weighted by atomic mass is 19.4. The summed E-state index contributed by atoms with van der Waals surface area (Å²) in [4.78, 5) is 11.0. The summed E-state index contributed by atoms with van der Waals surface area (Å²) in [5, 5.41) is 0. The quantitative estimate of drug-likeness (QED) is 0.856. The lowest BCUT2D eigenvalue weighted by molar-refractivity contribution is -0.143. The molecule has 16 heavy (non-hydrogen) atoms. The van der Waals surface area contributed by atoms with Gasteiger partial charge in [0.15, 0.2) is 0 Å². The van der Waals surface area contributed by atoms with Crippen molar-refractivity contribution in [3.8, 4) is 0 Å². The average Bonchev–Trinajstić information content (AvgIpc) is 2.45. The van der Waals surface area contributed by atoms with Crippen molar-refractivity contribution in [3.63, 3.8) is 0 Å². The lowest BCUT2D eigenvalue weighted by Gasteiger charge is -2.15. The second-order valence-electron chi connectivity index (χ2n) is 3.97. The Morgan fingerprint density at radius 3 is 2.38 bits per heavy atom. The summed E-state index contributed by atoms with van der Waals surface area (Å²) in [6, 6.07) is 1.98. The van der Waals surface area contributed by atoms with Crippen molar-refractivity contribution in [2.75, 3.05) is 0 Å². The molecule has 0 spiro atoms. The molecule has 0 fully saturated rings. The van der Waals surface area contributed by atoms with Crippen molar-refractivity contribution >= 4 is 5.91 Å². The van der Waals surface area contributed by atoms with Crippen LogP contribution in [0.15, 0.2) is 12.1 Å². The van der Waals surface area contributed by atoms with Gasteiger partial charge >= 0.3 is 6.18 Å². The van der Waals surface area contributed by atoms with E-state index in [0.717, 1.165) is 16.7 Å². The number of rotatable bonds is 3. The zero-order valence-corrected chi connectivity index (χ0v) is 9.01. The van der Waals surface area contributed by atoms with Crippen LogP contribution in [0, 0.1) is 5.92 Å². The average molecular weight is 234 g/mol. The highest BCUT2D eigenvalue weighted by Crippen LogP contribution is 2.31. The van der Waals surface area contributed by atoms with Crippen molar-refractivity contribution < 1.29 is 18.0 Å². The third kappa shape index (κ3) is 2.56. The molecule has 6 heteroatoms. The molecule has 0 bridgehead atoms. The number of alkyl halides is 3. The van der Waals surface area contributed by atoms with Gasteiger partial charge in [0.05, 0.1) is 0 Å². The van der Waals surface area contributed by atoms with Crippen LogP contribution in [0.25, 0.3) is 0 Å². The molecule has 1 aromatic rings. The normalized spacial score (nSPS) is 12.1. The Bertz CT molecular complexity index is 393. The molecule has 1 aromatic heterocycles. The highest BCUT2D eigenvalue weighted by Gasteiger charge is 2.35. The predicted octanol–water partition coefficient (Wildman–Crippen LogP) is 2.26. The molecule has 0 atom stereocenters. The van der Waals surface area contributed by atoms with Gasteiger partial charge in [-0.3, -0.25) is 4.79 Å². The number of aromatic nitrogens is 1. The minimum Gasteiger partial charge on any atom is -0.364 e. The van der Waals surface area contributed by atoms with E-state index in [2.05, 4.69) is 0 Å². The zero-order valence-electron chi connectivity index (χ0n) is 9.01. The van der Waals surface area contributed by atoms with Gasteiger partial charge in [0.1, 0.15) is 11.4 Å². The van der Waals surface area contributed by atoms with Crippen LogP contribution in [0.5, 0.6) is 0 Å². The van der Waals surface area contributed by atoms with Gasteiger partial charge in [-0.05, 0) is 18.1 Å². The molecule has 90 valence electrons. The molecule has 2 N–H and O–H groups in total. The Kier molecular flexibility index (Phi) is 3.30. The molecule has 0 radical (unpaired) electrons. The van der Waals surface area contributed by atoms with Gasteiger partial charge in [0, 0.05) is 6.54 Å². The van der Waals surface area contributed by atoms with Gasteiger partial charge in [0.2, 0.25) is 0 Å². The van der Waals surface area contributed by atoms with Crippen molar-refractivity contribution in [1.29, 1.82) is 0 Å². The van der Waals surface area contributed by atoms with Crippen LogP contribution in [0.1, 0.15) is 30.0 Å². The number of amides is 1. The first-order valence-electron chi connectivity index (χ1n) is 4.80. The fourth-order valence-electron chi connectivity index (χ4n) is 1.49. The molecule has 3 nitrogen and oxygen atoms in total. The maximum Gasteiger partial charge on any atom is 0.431 e. The monoisotopic (exact) mass is 234 g/mol. The Morgan fingerprint density at radius 2 is 2.00 bits per heavy atom. The van der Waals surface area contributed by atoms with Crippen LogP contribution in [0.2, 0.25) is 0 Å². The summed E-state index contributed by atoms with van der Waals surface area (Å²) in [6.45, 7) is 3.65. The highest BCUT2D eigenvalue weighted by molar-refractivity contribution is 5.91. The van der Waals surface area contributed by atoms with E-state index in [1.165, 1.54) is 0 Å². The number of nitrogens with two attached hydrogens (primary N) is 1. The van der Waals surface area contributed by atoms with Crippen LogP contribution >= 0.6 is 0 Å². The Hall–Kier alpha value is -1.46. The van der Waals surface area contributed by atoms with Crippen molar-refractivity contribution in [1.82, 2.24) is 4.57 Å². The second kappa shape index (κ2) is 4.19. The van der Waals surface area contributed by atoms with E-state index in [4.69, 9.17) is 5.73 Å². The van der Waals surface area contributed by atoms with Crippen molar-refractivity contribution in [2.24, 2.45) is 11.7 Å². The van der Waals surface area contributed by atoms with E-state index in [-0.39, 0.29) is 18.2 Å². The van der Waals surface area contributed by atoms with Gasteiger partial charge in [0.25, 0.3) is 5.91 Å². The van der Waals surface area contributed by atoms with Gasteiger partial charge in [-0.2, -0.15) is 13.2 Å². The van der Waals surface area contributed by atoms with E-state index < -0.39 is 17.8 Å². The van der Waals surface area contributed by atoms with Crippen molar-refractivity contribution in [2.45, 2.75) is 26.6 Å². The topological polar surface area (TPSA) is 48.0 Å². The van der Waals surface area contributed by atoms with Crippen LogP contribution in [-0.2, 0) is 12.7 Å². The number of carbonyl (C=O) groups excluding carboxylic acids is 1. The maximum absolute atomic E-state index is 12.6. The number of carbonyl (C=O) groups is 1. The summed E-state index contributed by atoms with van der Waals surface area (Å²) in [7, 11) is 0. The molecule has 1 amide bonds. The van der Waals surface area contributed by atoms with Crippen LogP contribution < -0.4 is 5.73 Å². The second-order valence-corrected chi connectivity index (χ2v) is 3.97. The standard InChI is InChI=1S/C10H13F3N2O/c1-6(2)5-15-7(9(14)16)3-4-8(15)10(11,12)13/h3-4,6H,5H2,1-2H3,(H2,14,16). The van der Waals surface area contributed by atoms with E-state index in [0.29, 0.717) is 0 Å². The predicted molar refractivity (Wildman–Crippen MR) is 52.8 cm³/mol. The minimum atomic E-state index is -4.47. The Morgan fingerprint density at radius 1 is 1.44 bits per heavy atom. The molecule has 0 aliphatic heterocycles. The summed E-state index contributed by atoms with van der Waals surface area (Å²) in [5.74, 6) is -0.859. The summed E-state index contributed by atoms with van der Waals surface area (Å²) in [5.41, 5.74) is 4.07. The van der Waals surface area contributed by atoms with Gasteiger partial charge in [-0.15, -0.1) is 0 Å². The number of hydrogen-bond donors (Lipinski definition) is 1. The SMILES string of the molecule is CC(C)Cn1c(C(N)=O)ccc1C(F)(F)F. The molecule has 0 saturated carbocycles. The Labute approximate surface area is 91.0 Å². The molecule has 1 heterocycles. The lowest BCUT2D eigenvalue weighted by atomic mass is 10.2. The summed E-state index contributed by atoms with van der Waals surface area (Å²) >= 11 is 0. The number of halogens is 3. The minimum absolute atomic E-state index is 0.00778. The third-order valence-electron chi connectivity index (χ3n) is 2.07. The first kappa shape index (κ1) is 12.6. The molecule has 0 saturated heterocycles. The van der Waals surface area contributed by atoms with Crippen molar-refractivity contribution in [3.05, 3.63) is 23.5 Å². The van der Waals surface area contributed by atoms with Crippen LogP contribution in [0.3, 0.4) is 0 Å². The third-order valence-corrected chi connectivity index (χ3v) is 2.07. The first-order chi connectivity index (χ1) is 7.23. The maximum atomic E-state index is 12.6. The molecular formula is C10H13F3N2O. The fourth-order valence-corrected chi connectivity index (χ4v) is 1.49. The van der Waals surface area contributed by atoms with Gasteiger partial charge in [-0.1, -0.05) is 13.8 Å². The van der Waals surface area contributed by atoms with Crippen LogP contribution in [-0.4, -0.2) is 10.5 Å². The summed E-state index contributed by atoms with van der Waals surface area (Å²) < 4.78 is 38.7. The smallest absolute Gasteiger partial charge is 0.364 e. The molecule has 1 rings (SSSR count). The number of nitrogens with zero attached hydrogens (tertiary/aromatic N) is 1. The fraction of sp³-hybridized carbons (Fsp3) is 0.500. The largest absolute Gasteiger partial charge is 0.431 e. The van der Waals surface area contributed by atoms with E-state index in [9.17, 15) is 18.0 Å². The Balaban J connectivity index is 3.25. The number of hydrogen-bond acceptors (Lipinski definition) is 1. The zero-order chi connectivity index (χ0) is 12.5. The molecular weight excluding hydrogens is 221 g/mol. The molecule has 0 unspecified atom stereocenters. The molecule has 0 aliphatic rings. The van der Waals surface area contributed by atoms with E-state index in [1.807, 2.05) is 0 Å².